The normalized spacial score (nSPS) is 10.8. The lowest BCUT2D eigenvalue weighted by atomic mass is 10.1. The van der Waals surface area contributed by atoms with E-state index in [0.717, 1.165) is 5.56 Å². The number of aryl methyl sites for hydroxylation is 2. The number of rotatable bonds is 4. The topological polar surface area (TPSA) is 46.3 Å². The Morgan fingerprint density at radius 3 is 2.40 bits per heavy atom. The van der Waals surface area contributed by atoms with Gasteiger partial charge in [0, 0.05) is 12.6 Å². The van der Waals surface area contributed by atoms with Crippen molar-refractivity contribution in [2.75, 3.05) is 0 Å². The summed E-state index contributed by atoms with van der Waals surface area (Å²) in [5.41, 5.74) is 2.34. The zero-order chi connectivity index (χ0) is 14.7. The summed E-state index contributed by atoms with van der Waals surface area (Å²) in [6.07, 6.45) is 0. The third-order valence-corrected chi connectivity index (χ3v) is 3.33. The molecule has 20 heavy (non-hydrogen) atoms. The van der Waals surface area contributed by atoms with Gasteiger partial charge in [0.15, 0.2) is 0 Å². The van der Waals surface area contributed by atoms with Crippen molar-refractivity contribution in [3.8, 4) is 0 Å². The summed E-state index contributed by atoms with van der Waals surface area (Å²) in [5.74, 6) is 0.548. The summed E-state index contributed by atoms with van der Waals surface area (Å²) in [6.45, 7) is 8.18. The lowest BCUT2D eigenvalue weighted by Crippen LogP contribution is -2.36. The SMILES string of the molecule is Cc1noc(C)c1C(=O)N(Cc1ccccc1)C(C)C. The number of carbonyl (C=O) groups excluding carboxylic acids is 1. The van der Waals surface area contributed by atoms with Crippen molar-refractivity contribution in [2.24, 2.45) is 0 Å². The Morgan fingerprint density at radius 1 is 1.25 bits per heavy atom. The molecule has 0 atom stereocenters. The predicted octanol–water partition coefficient (Wildman–Crippen LogP) is 3.34. The van der Waals surface area contributed by atoms with Gasteiger partial charge in [-0.25, -0.2) is 0 Å². The maximum Gasteiger partial charge on any atom is 0.259 e. The van der Waals surface area contributed by atoms with Gasteiger partial charge in [-0.1, -0.05) is 35.5 Å². The first-order valence-electron chi connectivity index (χ1n) is 6.78. The van der Waals surface area contributed by atoms with E-state index < -0.39 is 0 Å². The van der Waals surface area contributed by atoms with Crippen molar-refractivity contribution in [3.63, 3.8) is 0 Å². The summed E-state index contributed by atoms with van der Waals surface area (Å²) in [4.78, 5) is 14.6. The van der Waals surface area contributed by atoms with Crippen LogP contribution in [0.4, 0.5) is 0 Å². The molecule has 0 N–H and O–H groups in total. The number of nitrogens with zero attached hydrogens (tertiary/aromatic N) is 2. The molecule has 0 unspecified atom stereocenters. The third-order valence-electron chi connectivity index (χ3n) is 3.33. The van der Waals surface area contributed by atoms with Crippen LogP contribution in [0.15, 0.2) is 34.9 Å². The molecule has 2 rings (SSSR count). The van der Waals surface area contributed by atoms with Crippen LogP contribution in [0.25, 0.3) is 0 Å². The molecule has 0 spiro atoms. The maximum absolute atomic E-state index is 12.7. The average Bonchev–Trinajstić information content (AvgIpc) is 2.76. The molecule has 1 heterocycles. The molecule has 0 aliphatic carbocycles. The van der Waals surface area contributed by atoms with Crippen molar-refractivity contribution < 1.29 is 9.32 Å². The molecule has 4 heteroatoms. The van der Waals surface area contributed by atoms with E-state index >= 15 is 0 Å². The summed E-state index contributed by atoms with van der Waals surface area (Å²) in [6, 6.07) is 10.1. The fourth-order valence-electron chi connectivity index (χ4n) is 2.20. The van der Waals surface area contributed by atoms with Gasteiger partial charge in [-0.2, -0.15) is 0 Å². The van der Waals surface area contributed by atoms with E-state index in [4.69, 9.17) is 4.52 Å². The Morgan fingerprint density at radius 2 is 1.90 bits per heavy atom. The monoisotopic (exact) mass is 272 g/mol. The third kappa shape index (κ3) is 2.90. The lowest BCUT2D eigenvalue weighted by molar-refractivity contribution is 0.0688. The van der Waals surface area contributed by atoms with Gasteiger partial charge in [0.2, 0.25) is 0 Å². The van der Waals surface area contributed by atoms with Crippen molar-refractivity contribution in [1.82, 2.24) is 10.1 Å². The fourth-order valence-corrected chi connectivity index (χ4v) is 2.20. The smallest absolute Gasteiger partial charge is 0.259 e. The molecular formula is C16H20N2O2. The molecule has 106 valence electrons. The van der Waals surface area contributed by atoms with Crippen LogP contribution < -0.4 is 0 Å². The number of hydrogen-bond acceptors (Lipinski definition) is 3. The fraction of sp³-hybridized carbons (Fsp3) is 0.375. The van der Waals surface area contributed by atoms with Gasteiger partial charge in [0.25, 0.3) is 5.91 Å². The maximum atomic E-state index is 12.7. The number of benzene rings is 1. The first-order chi connectivity index (χ1) is 9.50. The van der Waals surface area contributed by atoms with Crippen molar-refractivity contribution in [2.45, 2.75) is 40.3 Å². The van der Waals surface area contributed by atoms with Crippen molar-refractivity contribution in [1.29, 1.82) is 0 Å². The predicted molar refractivity (Wildman–Crippen MR) is 77.4 cm³/mol. The highest BCUT2D eigenvalue weighted by molar-refractivity contribution is 5.96. The van der Waals surface area contributed by atoms with Gasteiger partial charge in [-0.05, 0) is 33.3 Å². The van der Waals surface area contributed by atoms with Crippen LogP contribution in [0.3, 0.4) is 0 Å². The minimum atomic E-state index is -0.0277. The quantitative estimate of drug-likeness (QED) is 0.857. The van der Waals surface area contributed by atoms with Gasteiger partial charge in [-0.3, -0.25) is 4.79 Å². The second-order valence-corrected chi connectivity index (χ2v) is 5.21. The van der Waals surface area contributed by atoms with Crippen LogP contribution in [0.1, 0.15) is 41.2 Å². The summed E-state index contributed by atoms with van der Waals surface area (Å²) >= 11 is 0. The highest BCUT2D eigenvalue weighted by atomic mass is 16.5. The number of carbonyl (C=O) groups is 1. The Kier molecular flexibility index (Phi) is 4.23. The van der Waals surface area contributed by atoms with E-state index in [0.29, 0.717) is 23.6 Å². The van der Waals surface area contributed by atoms with Crippen molar-refractivity contribution >= 4 is 5.91 Å². The molecule has 0 saturated heterocycles. The van der Waals surface area contributed by atoms with Gasteiger partial charge in [0.1, 0.15) is 11.3 Å². The zero-order valence-corrected chi connectivity index (χ0v) is 12.4. The molecule has 1 aromatic heterocycles. The Hall–Kier alpha value is -2.10. The summed E-state index contributed by atoms with van der Waals surface area (Å²) in [7, 11) is 0. The Balaban J connectivity index is 2.28. The lowest BCUT2D eigenvalue weighted by Gasteiger charge is -2.26. The van der Waals surface area contributed by atoms with E-state index in [2.05, 4.69) is 5.16 Å². The van der Waals surface area contributed by atoms with E-state index in [1.54, 1.807) is 13.8 Å². The van der Waals surface area contributed by atoms with E-state index in [9.17, 15) is 4.79 Å². The molecule has 0 aliphatic heterocycles. The first-order valence-corrected chi connectivity index (χ1v) is 6.78. The van der Waals surface area contributed by atoms with Gasteiger partial charge in [-0.15, -0.1) is 0 Å². The largest absolute Gasteiger partial charge is 0.361 e. The molecule has 2 aromatic rings. The summed E-state index contributed by atoms with van der Waals surface area (Å²) < 4.78 is 5.10. The highest BCUT2D eigenvalue weighted by Crippen LogP contribution is 2.18. The minimum absolute atomic E-state index is 0.0277. The van der Waals surface area contributed by atoms with Crippen molar-refractivity contribution in [3.05, 3.63) is 52.9 Å². The number of amides is 1. The van der Waals surface area contributed by atoms with Gasteiger partial charge < -0.3 is 9.42 Å². The molecule has 1 amide bonds. The second kappa shape index (κ2) is 5.90. The van der Waals surface area contributed by atoms with Crippen LogP contribution in [0.2, 0.25) is 0 Å². The van der Waals surface area contributed by atoms with Gasteiger partial charge in [0.05, 0.1) is 5.69 Å². The van der Waals surface area contributed by atoms with E-state index in [-0.39, 0.29) is 11.9 Å². The highest BCUT2D eigenvalue weighted by Gasteiger charge is 2.25. The van der Waals surface area contributed by atoms with Crippen LogP contribution in [-0.2, 0) is 6.54 Å². The molecule has 0 fully saturated rings. The molecule has 1 aromatic carbocycles. The number of aromatic nitrogens is 1. The van der Waals surface area contributed by atoms with Crippen LogP contribution >= 0.6 is 0 Å². The Bertz CT molecular complexity index is 568. The van der Waals surface area contributed by atoms with Crippen LogP contribution in [-0.4, -0.2) is 22.0 Å². The Labute approximate surface area is 119 Å². The molecule has 0 bridgehead atoms. The molecule has 0 saturated carbocycles. The van der Waals surface area contributed by atoms with Crippen LogP contribution in [0.5, 0.6) is 0 Å². The zero-order valence-electron chi connectivity index (χ0n) is 12.4. The second-order valence-electron chi connectivity index (χ2n) is 5.21. The molecule has 4 nitrogen and oxygen atoms in total. The van der Waals surface area contributed by atoms with E-state index in [1.807, 2.05) is 49.1 Å². The average molecular weight is 272 g/mol. The number of hydrogen-bond donors (Lipinski definition) is 0. The standard InChI is InChI=1S/C16H20N2O2/c1-11(2)18(10-14-8-6-5-7-9-14)16(19)15-12(3)17-20-13(15)4/h5-9,11H,10H2,1-4H3. The van der Waals surface area contributed by atoms with Gasteiger partial charge >= 0.3 is 0 Å². The summed E-state index contributed by atoms with van der Waals surface area (Å²) in [5, 5.41) is 3.86. The molecule has 0 aliphatic rings. The minimum Gasteiger partial charge on any atom is -0.361 e. The molecular weight excluding hydrogens is 252 g/mol. The van der Waals surface area contributed by atoms with Crippen LogP contribution in [0, 0.1) is 13.8 Å². The molecule has 0 radical (unpaired) electrons. The van der Waals surface area contributed by atoms with E-state index in [1.165, 1.54) is 0 Å². The first kappa shape index (κ1) is 14.3.